The van der Waals surface area contributed by atoms with Gasteiger partial charge in [-0.2, -0.15) is 0 Å². The van der Waals surface area contributed by atoms with Gasteiger partial charge in [0.2, 0.25) is 0 Å². The van der Waals surface area contributed by atoms with Crippen molar-refractivity contribution in [1.82, 2.24) is 9.80 Å². The number of aliphatic hydroxyl groups is 1. The van der Waals surface area contributed by atoms with Crippen LogP contribution in [0.1, 0.15) is 29.2 Å². The van der Waals surface area contributed by atoms with E-state index in [4.69, 9.17) is 9.47 Å². The molecule has 1 aliphatic heterocycles. The van der Waals surface area contributed by atoms with E-state index in [1.165, 1.54) is 0 Å². The van der Waals surface area contributed by atoms with Gasteiger partial charge in [-0.25, -0.2) is 0 Å². The first-order chi connectivity index (χ1) is 17.8. The maximum atomic E-state index is 13.3. The van der Waals surface area contributed by atoms with Gasteiger partial charge in [0.15, 0.2) is 0 Å². The van der Waals surface area contributed by atoms with Gasteiger partial charge in [-0.3, -0.25) is 9.59 Å². The fraction of sp³-hybridized carbons (Fsp3) is 0.267. The number of ether oxygens (including phenoxy) is 2. The molecule has 1 amide bonds. The van der Waals surface area contributed by atoms with Crippen LogP contribution in [0.25, 0.3) is 5.76 Å². The summed E-state index contributed by atoms with van der Waals surface area (Å²) in [7, 11) is 5.49. The molecule has 192 valence electrons. The summed E-state index contributed by atoms with van der Waals surface area (Å²) in [4.78, 5) is 30.2. The Morgan fingerprint density at radius 1 is 0.946 bits per heavy atom. The van der Waals surface area contributed by atoms with Gasteiger partial charge in [0.25, 0.3) is 11.7 Å². The second-order valence-electron chi connectivity index (χ2n) is 9.32. The zero-order valence-corrected chi connectivity index (χ0v) is 21.6. The quantitative estimate of drug-likeness (QED) is 0.248. The van der Waals surface area contributed by atoms with Crippen LogP contribution >= 0.6 is 0 Å². The van der Waals surface area contributed by atoms with Gasteiger partial charge in [-0.1, -0.05) is 30.3 Å². The van der Waals surface area contributed by atoms with Crippen LogP contribution in [-0.4, -0.2) is 60.9 Å². The molecule has 3 aromatic carbocycles. The number of ketones is 1. The predicted molar refractivity (Wildman–Crippen MR) is 143 cm³/mol. The number of Topliss-reactive ketones (excluding diaryl/α,β-unsaturated/α-hetero) is 1. The zero-order chi connectivity index (χ0) is 26.5. The number of amides is 1. The minimum atomic E-state index is -0.747. The number of benzene rings is 3. The van der Waals surface area contributed by atoms with E-state index >= 15 is 0 Å². The van der Waals surface area contributed by atoms with Gasteiger partial charge < -0.3 is 24.4 Å². The van der Waals surface area contributed by atoms with Gasteiger partial charge in [-0.05, 0) is 87.6 Å². The van der Waals surface area contributed by atoms with E-state index in [9.17, 15) is 14.7 Å². The Labute approximate surface area is 217 Å². The zero-order valence-electron chi connectivity index (χ0n) is 21.6. The average molecular weight is 501 g/mol. The van der Waals surface area contributed by atoms with Crippen LogP contribution in [-0.2, 0) is 9.59 Å². The number of para-hydroxylation sites is 1. The van der Waals surface area contributed by atoms with Crippen molar-refractivity contribution in [3.05, 3.63) is 95.1 Å². The third-order valence-electron chi connectivity index (χ3n) is 6.39. The Balaban J connectivity index is 1.79. The van der Waals surface area contributed by atoms with Crippen LogP contribution in [0.3, 0.4) is 0 Å². The third kappa shape index (κ3) is 5.67. The first kappa shape index (κ1) is 26.0. The summed E-state index contributed by atoms with van der Waals surface area (Å²) >= 11 is 0. The largest absolute Gasteiger partial charge is 0.507 e. The minimum absolute atomic E-state index is 0.0694. The number of hydrogen-bond donors (Lipinski definition) is 1. The molecule has 4 rings (SSSR count). The molecule has 1 aliphatic rings. The van der Waals surface area contributed by atoms with Crippen molar-refractivity contribution >= 4 is 17.4 Å². The molecule has 7 heteroatoms. The molecule has 37 heavy (non-hydrogen) atoms. The normalized spacial score (nSPS) is 16.9. The van der Waals surface area contributed by atoms with Crippen LogP contribution < -0.4 is 9.47 Å². The number of hydrogen-bond acceptors (Lipinski definition) is 6. The van der Waals surface area contributed by atoms with Crippen molar-refractivity contribution in [2.75, 3.05) is 34.3 Å². The Morgan fingerprint density at radius 3 is 2.35 bits per heavy atom. The summed E-state index contributed by atoms with van der Waals surface area (Å²) in [6.07, 6.45) is 0.679. The van der Waals surface area contributed by atoms with Crippen LogP contribution in [0, 0.1) is 6.92 Å². The molecule has 0 bridgehead atoms. The van der Waals surface area contributed by atoms with E-state index < -0.39 is 17.7 Å². The van der Waals surface area contributed by atoms with Gasteiger partial charge in [-0.15, -0.1) is 0 Å². The van der Waals surface area contributed by atoms with Crippen LogP contribution in [0.4, 0.5) is 0 Å². The van der Waals surface area contributed by atoms with E-state index in [0.717, 1.165) is 12.1 Å². The number of carbonyl (C=O) groups is 2. The Kier molecular flexibility index (Phi) is 7.94. The van der Waals surface area contributed by atoms with Crippen LogP contribution in [0.2, 0.25) is 0 Å². The van der Waals surface area contributed by atoms with Gasteiger partial charge in [0, 0.05) is 12.1 Å². The Morgan fingerprint density at radius 2 is 1.68 bits per heavy atom. The van der Waals surface area contributed by atoms with Crippen molar-refractivity contribution in [1.29, 1.82) is 0 Å². The highest BCUT2D eigenvalue weighted by atomic mass is 16.5. The molecule has 1 atom stereocenters. The lowest BCUT2D eigenvalue weighted by atomic mass is 9.93. The number of carbonyl (C=O) groups excluding carboxylic acids is 2. The summed E-state index contributed by atoms with van der Waals surface area (Å²) in [5, 5.41) is 11.4. The smallest absolute Gasteiger partial charge is 0.295 e. The minimum Gasteiger partial charge on any atom is -0.507 e. The summed E-state index contributed by atoms with van der Waals surface area (Å²) in [5.41, 5.74) is 1.97. The predicted octanol–water partition coefficient (Wildman–Crippen LogP) is 5.17. The number of aliphatic hydroxyl groups excluding tert-OH is 1. The van der Waals surface area contributed by atoms with E-state index in [0.29, 0.717) is 41.3 Å². The molecule has 1 heterocycles. The molecule has 0 unspecified atom stereocenters. The summed E-state index contributed by atoms with van der Waals surface area (Å²) in [6.45, 7) is 2.95. The van der Waals surface area contributed by atoms with Gasteiger partial charge in [0.05, 0.1) is 18.7 Å². The topological polar surface area (TPSA) is 79.3 Å². The molecule has 0 aromatic heterocycles. The molecular weight excluding hydrogens is 468 g/mol. The number of likely N-dealkylation sites (tertiary alicyclic amines) is 1. The van der Waals surface area contributed by atoms with Gasteiger partial charge in [0.1, 0.15) is 23.0 Å². The Bertz CT molecular complexity index is 1320. The summed E-state index contributed by atoms with van der Waals surface area (Å²) in [6, 6.07) is 21.2. The molecule has 3 aromatic rings. The number of nitrogens with zero attached hydrogens (tertiary/aromatic N) is 2. The molecular formula is C30H32N2O5. The lowest BCUT2D eigenvalue weighted by Gasteiger charge is -2.26. The van der Waals surface area contributed by atoms with E-state index in [1.54, 1.807) is 30.2 Å². The summed E-state index contributed by atoms with van der Waals surface area (Å²) < 4.78 is 11.3. The molecule has 7 nitrogen and oxygen atoms in total. The highest BCUT2D eigenvalue weighted by Crippen LogP contribution is 2.41. The van der Waals surface area contributed by atoms with Crippen molar-refractivity contribution in [3.8, 4) is 17.2 Å². The third-order valence-corrected chi connectivity index (χ3v) is 6.39. The molecule has 1 fully saturated rings. The van der Waals surface area contributed by atoms with Crippen molar-refractivity contribution in [3.63, 3.8) is 0 Å². The molecule has 1 N–H and O–H groups in total. The van der Waals surface area contributed by atoms with Gasteiger partial charge >= 0.3 is 0 Å². The van der Waals surface area contributed by atoms with Crippen LogP contribution in [0.5, 0.6) is 17.2 Å². The summed E-state index contributed by atoms with van der Waals surface area (Å²) in [5.74, 6) is 0.369. The fourth-order valence-electron chi connectivity index (χ4n) is 4.56. The lowest BCUT2D eigenvalue weighted by molar-refractivity contribution is -0.139. The fourth-order valence-corrected chi connectivity index (χ4v) is 4.56. The Hall–Kier alpha value is -4.10. The van der Waals surface area contributed by atoms with Crippen LogP contribution in [0.15, 0.2) is 78.4 Å². The SMILES string of the molecule is COc1ccc(C(O)=C2C(=O)C(=O)N(CCCN(C)C)[C@H]2c2cccc(Oc3ccccc3)c2)c(C)c1. The van der Waals surface area contributed by atoms with Crippen molar-refractivity contribution in [2.45, 2.75) is 19.4 Å². The van der Waals surface area contributed by atoms with E-state index in [1.807, 2.05) is 80.5 Å². The van der Waals surface area contributed by atoms with E-state index in [2.05, 4.69) is 0 Å². The second kappa shape index (κ2) is 11.3. The average Bonchev–Trinajstić information content (AvgIpc) is 3.14. The number of methoxy groups -OCH3 is 1. The van der Waals surface area contributed by atoms with E-state index in [-0.39, 0.29) is 11.3 Å². The molecule has 1 saturated heterocycles. The highest BCUT2D eigenvalue weighted by molar-refractivity contribution is 6.46. The highest BCUT2D eigenvalue weighted by Gasteiger charge is 2.46. The molecule has 0 radical (unpaired) electrons. The standard InChI is InChI=1S/C30H32N2O5/c1-20-18-23(36-4)14-15-25(20)28(33)26-27(32(30(35)29(26)34)17-9-16-31(2)3)21-10-8-13-24(19-21)37-22-11-6-5-7-12-22/h5-8,10-15,18-19,27,33H,9,16-17H2,1-4H3/t27-/m0/s1. The van der Waals surface area contributed by atoms with Crippen molar-refractivity contribution in [2.24, 2.45) is 0 Å². The molecule has 0 spiro atoms. The lowest BCUT2D eigenvalue weighted by Crippen LogP contribution is -2.32. The first-order valence-electron chi connectivity index (χ1n) is 12.2. The number of rotatable bonds is 9. The maximum absolute atomic E-state index is 13.3. The number of aryl methyl sites for hydroxylation is 1. The maximum Gasteiger partial charge on any atom is 0.295 e. The first-order valence-corrected chi connectivity index (χ1v) is 12.2. The molecule has 0 aliphatic carbocycles. The monoisotopic (exact) mass is 500 g/mol. The molecule has 0 saturated carbocycles. The van der Waals surface area contributed by atoms with Crippen molar-refractivity contribution < 1.29 is 24.2 Å². The second-order valence-corrected chi connectivity index (χ2v) is 9.32.